The van der Waals surface area contributed by atoms with Crippen molar-refractivity contribution in [3.05, 3.63) is 24.7 Å². The molecule has 206 valence electrons. The number of rotatable bonds is 7. The number of nitrogens with one attached hydrogen (secondary N) is 2. The van der Waals surface area contributed by atoms with Gasteiger partial charge in [-0.15, -0.1) is 0 Å². The van der Waals surface area contributed by atoms with Gasteiger partial charge in [-0.1, -0.05) is 0 Å². The molecule has 2 N–H and O–H groups in total. The lowest BCUT2D eigenvalue weighted by Gasteiger charge is -2.39. The maximum atomic E-state index is 14.9. The molecule has 14 heteroatoms. The minimum absolute atomic E-state index is 0.0159. The third kappa shape index (κ3) is 7.15. The van der Waals surface area contributed by atoms with Crippen LogP contribution >= 0.6 is 0 Å². The van der Waals surface area contributed by atoms with Crippen LogP contribution in [0.3, 0.4) is 0 Å². The maximum Gasteiger partial charge on any atom is 0.414 e. The minimum Gasteiger partial charge on any atom is -0.477 e. The van der Waals surface area contributed by atoms with Gasteiger partial charge >= 0.3 is 12.1 Å². The Kier molecular flexibility index (Phi) is 9.05. The summed E-state index contributed by atoms with van der Waals surface area (Å²) in [5.41, 5.74) is 0. The van der Waals surface area contributed by atoms with Gasteiger partial charge in [-0.25, -0.2) is 28.9 Å². The van der Waals surface area contributed by atoms with Crippen molar-refractivity contribution in [2.24, 2.45) is 0 Å². The van der Waals surface area contributed by atoms with Gasteiger partial charge < -0.3 is 29.5 Å². The lowest BCUT2D eigenvalue weighted by Crippen LogP contribution is -2.55. The molecule has 0 radical (unpaired) electrons. The smallest absolute Gasteiger partial charge is 0.414 e. The van der Waals surface area contributed by atoms with Crippen LogP contribution < -0.4 is 25.0 Å². The third-order valence-corrected chi connectivity index (χ3v) is 6.52. The molecule has 13 nitrogen and oxygen atoms in total. The SMILES string of the molecule is CCOc1cnc(NC(=O)N(C)[C@H]2CN(c3nccc(OC(=O)N[C@H]4CCCN(C)C4)n3)CC[C@H]2F)cn1. The van der Waals surface area contributed by atoms with Crippen LogP contribution in [-0.4, -0.2) is 107 Å². The first-order valence-electron chi connectivity index (χ1n) is 12.7. The van der Waals surface area contributed by atoms with E-state index in [4.69, 9.17) is 9.47 Å². The van der Waals surface area contributed by atoms with E-state index >= 15 is 0 Å². The molecule has 2 aliphatic heterocycles. The molecule has 3 amide bonds. The van der Waals surface area contributed by atoms with E-state index in [0.29, 0.717) is 19.0 Å². The zero-order chi connectivity index (χ0) is 27.1. The lowest BCUT2D eigenvalue weighted by molar-refractivity contribution is 0.133. The highest BCUT2D eigenvalue weighted by Gasteiger charge is 2.35. The van der Waals surface area contributed by atoms with E-state index in [2.05, 4.69) is 35.5 Å². The molecule has 3 atom stereocenters. The number of hydrogen-bond donors (Lipinski definition) is 2. The predicted octanol–water partition coefficient (Wildman–Crippen LogP) is 1.93. The summed E-state index contributed by atoms with van der Waals surface area (Å²) in [6, 6.07) is 0.217. The Hall–Kier alpha value is -3.81. The fourth-order valence-electron chi connectivity index (χ4n) is 4.52. The number of hydrogen-bond acceptors (Lipinski definition) is 10. The molecule has 0 spiro atoms. The topological polar surface area (TPSA) is 138 Å². The Bertz CT molecular complexity index is 1090. The number of alkyl halides is 1. The fourth-order valence-corrected chi connectivity index (χ4v) is 4.52. The van der Waals surface area contributed by atoms with Gasteiger partial charge in [0.2, 0.25) is 17.7 Å². The first kappa shape index (κ1) is 27.2. The van der Waals surface area contributed by atoms with Gasteiger partial charge in [0.1, 0.15) is 6.17 Å². The second kappa shape index (κ2) is 12.6. The molecule has 2 saturated heterocycles. The van der Waals surface area contributed by atoms with Crippen molar-refractivity contribution in [2.45, 2.75) is 44.4 Å². The highest BCUT2D eigenvalue weighted by Crippen LogP contribution is 2.23. The first-order valence-corrected chi connectivity index (χ1v) is 12.7. The Balaban J connectivity index is 1.35. The van der Waals surface area contributed by atoms with Crippen LogP contribution in [0.25, 0.3) is 0 Å². The molecule has 4 rings (SSSR count). The molecule has 2 aliphatic rings. The number of likely N-dealkylation sites (N-methyl/N-ethyl adjacent to an activating group) is 2. The van der Waals surface area contributed by atoms with Crippen LogP contribution in [0.2, 0.25) is 0 Å². The normalized spacial score (nSPS) is 21.9. The van der Waals surface area contributed by atoms with Gasteiger partial charge in [-0.05, 0) is 39.8 Å². The summed E-state index contributed by atoms with van der Waals surface area (Å²) in [5, 5.41) is 5.50. The average Bonchev–Trinajstić information content (AvgIpc) is 2.90. The van der Waals surface area contributed by atoms with E-state index in [9.17, 15) is 14.0 Å². The molecule has 38 heavy (non-hydrogen) atoms. The van der Waals surface area contributed by atoms with Crippen molar-refractivity contribution < 1.29 is 23.5 Å². The van der Waals surface area contributed by atoms with Crippen molar-refractivity contribution in [1.29, 1.82) is 0 Å². The number of ether oxygens (including phenoxy) is 2. The lowest BCUT2D eigenvalue weighted by atomic mass is 10.0. The van der Waals surface area contributed by atoms with E-state index in [-0.39, 0.29) is 36.7 Å². The number of carbonyl (C=O) groups excluding carboxylic acids is 2. The van der Waals surface area contributed by atoms with Gasteiger partial charge in [0, 0.05) is 45.0 Å². The monoisotopic (exact) mass is 531 g/mol. The predicted molar refractivity (Wildman–Crippen MR) is 137 cm³/mol. The number of aromatic nitrogens is 4. The minimum atomic E-state index is -1.24. The number of piperidine rings is 2. The van der Waals surface area contributed by atoms with E-state index in [1.807, 2.05) is 14.0 Å². The molecule has 0 bridgehead atoms. The second-order valence-corrected chi connectivity index (χ2v) is 9.36. The summed E-state index contributed by atoms with van der Waals surface area (Å²) in [7, 11) is 3.53. The summed E-state index contributed by atoms with van der Waals surface area (Å²) in [6.45, 7) is 4.55. The average molecular weight is 532 g/mol. The summed E-state index contributed by atoms with van der Waals surface area (Å²) in [6.07, 6.45) is 4.51. The summed E-state index contributed by atoms with van der Waals surface area (Å²) >= 11 is 0. The van der Waals surface area contributed by atoms with Gasteiger partial charge in [-0.2, -0.15) is 4.98 Å². The largest absolute Gasteiger partial charge is 0.477 e. The molecule has 0 saturated carbocycles. The standard InChI is InChI=1S/C24H34FN9O4/c1-4-37-21-13-27-19(12-28-21)30-23(35)33(3)18-15-34(11-8-17(18)25)22-26-9-7-20(31-22)38-24(36)29-16-6-5-10-32(2)14-16/h7,9,12-13,16-18H,4-6,8,10-11,14-15H2,1-3H3,(H,29,36)(H,27,30,35)/t16-,17+,18-/m0/s1. The van der Waals surface area contributed by atoms with E-state index in [1.54, 1.807) is 4.90 Å². The summed E-state index contributed by atoms with van der Waals surface area (Å²) in [4.78, 5) is 47.2. The Labute approximate surface area is 220 Å². The summed E-state index contributed by atoms with van der Waals surface area (Å²) in [5.74, 6) is 0.946. The van der Waals surface area contributed by atoms with Crippen LogP contribution in [-0.2, 0) is 0 Å². The number of urea groups is 1. The Morgan fingerprint density at radius 2 is 2.00 bits per heavy atom. The maximum absolute atomic E-state index is 14.9. The number of likely N-dealkylation sites (tertiary alicyclic amines) is 1. The molecule has 2 fully saturated rings. The molecule has 0 aliphatic carbocycles. The van der Waals surface area contributed by atoms with Crippen molar-refractivity contribution in [3.63, 3.8) is 0 Å². The van der Waals surface area contributed by atoms with E-state index in [1.165, 1.54) is 36.6 Å². The zero-order valence-corrected chi connectivity index (χ0v) is 21.8. The van der Waals surface area contributed by atoms with Crippen molar-refractivity contribution in [2.75, 3.05) is 57.1 Å². The second-order valence-electron chi connectivity index (χ2n) is 9.36. The molecule has 2 aromatic heterocycles. The van der Waals surface area contributed by atoms with Gasteiger partial charge in [0.25, 0.3) is 0 Å². The number of amides is 3. The van der Waals surface area contributed by atoms with Gasteiger partial charge in [-0.3, -0.25) is 5.32 Å². The highest BCUT2D eigenvalue weighted by atomic mass is 19.1. The van der Waals surface area contributed by atoms with Crippen molar-refractivity contribution in [1.82, 2.24) is 35.1 Å². The van der Waals surface area contributed by atoms with Crippen molar-refractivity contribution >= 4 is 23.9 Å². The quantitative estimate of drug-likeness (QED) is 0.545. The van der Waals surface area contributed by atoms with Gasteiger partial charge in [0.15, 0.2) is 5.82 Å². The Morgan fingerprint density at radius 3 is 2.74 bits per heavy atom. The number of nitrogens with zero attached hydrogens (tertiary/aromatic N) is 7. The Morgan fingerprint density at radius 1 is 1.16 bits per heavy atom. The van der Waals surface area contributed by atoms with Crippen LogP contribution in [0.15, 0.2) is 24.7 Å². The van der Waals surface area contributed by atoms with E-state index in [0.717, 1.165) is 25.9 Å². The van der Waals surface area contributed by atoms with Crippen LogP contribution in [0.4, 0.5) is 25.7 Å². The first-order chi connectivity index (χ1) is 18.3. The van der Waals surface area contributed by atoms with Crippen molar-refractivity contribution in [3.8, 4) is 11.8 Å². The molecule has 4 heterocycles. The van der Waals surface area contributed by atoms with E-state index < -0.39 is 24.3 Å². The van der Waals surface area contributed by atoms with Crippen LogP contribution in [0.5, 0.6) is 11.8 Å². The molecular weight excluding hydrogens is 497 g/mol. The van der Waals surface area contributed by atoms with Crippen LogP contribution in [0.1, 0.15) is 26.2 Å². The molecular formula is C24H34FN9O4. The fraction of sp³-hybridized carbons (Fsp3) is 0.583. The van der Waals surface area contributed by atoms with Gasteiger partial charge in [0.05, 0.1) is 25.0 Å². The zero-order valence-electron chi connectivity index (χ0n) is 21.8. The number of carbonyl (C=O) groups is 2. The summed E-state index contributed by atoms with van der Waals surface area (Å²) < 4.78 is 25.5. The third-order valence-electron chi connectivity index (χ3n) is 6.52. The highest BCUT2D eigenvalue weighted by molar-refractivity contribution is 5.88. The van der Waals surface area contributed by atoms with Crippen LogP contribution in [0, 0.1) is 0 Å². The molecule has 0 aromatic carbocycles. The molecule has 0 unspecified atom stereocenters. The number of anilines is 2. The number of halogens is 1. The molecule has 2 aromatic rings.